The predicted molar refractivity (Wildman–Crippen MR) is 89.4 cm³/mol. The maximum absolute atomic E-state index is 12.7. The number of benzene rings is 1. The lowest BCUT2D eigenvalue weighted by Gasteiger charge is -2.30. The fourth-order valence-electron chi connectivity index (χ4n) is 3.13. The number of carbonyl (C=O) groups excluding carboxylic acids is 2. The second kappa shape index (κ2) is 5.99. The lowest BCUT2D eigenvalue weighted by atomic mass is 9.90. The first-order valence-electron chi connectivity index (χ1n) is 7.90. The standard InChI is InChI=1S/C17H17N3O3S/c21-15-17(6-8-23-9-7-17)19-16(22)20(15)11-14-18-10-13(24-14)12-4-2-1-3-5-12/h1-5,10H,6-9,11H2,(H,19,22). The van der Waals surface area contributed by atoms with Gasteiger partial charge in [0.2, 0.25) is 0 Å². The van der Waals surface area contributed by atoms with Gasteiger partial charge in [-0.3, -0.25) is 9.69 Å². The van der Waals surface area contributed by atoms with Crippen LogP contribution in [0.15, 0.2) is 36.5 Å². The van der Waals surface area contributed by atoms with Crippen LogP contribution in [0.25, 0.3) is 10.4 Å². The quantitative estimate of drug-likeness (QED) is 0.869. The van der Waals surface area contributed by atoms with E-state index in [0.717, 1.165) is 15.4 Å². The molecule has 2 aliphatic rings. The van der Waals surface area contributed by atoms with Crippen LogP contribution in [0.3, 0.4) is 0 Å². The molecule has 124 valence electrons. The number of imide groups is 1. The molecule has 0 saturated carbocycles. The average Bonchev–Trinajstić information content (AvgIpc) is 3.16. The van der Waals surface area contributed by atoms with Crippen LogP contribution < -0.4 is 5.32 Å². The Morgan fingerprint density at radius 2 is 1.96 bits per heavy atom. The molecule has 2 fully saturated rings. The third-order valence-corrected chi connectivity index (χ3v) is 5.53. The van der Waals surface area contributed by atoms with Crippen molar-refractivity contribution < 1.29 is 14.3 Å². The van der Waals surface area contributed by atoms with E-state index in [1.54, 1.807) is 6.20 Å². The van der Waals surface area contributed by atoms with Crippen LogP contribution in [0.5, 0.6) is 0 Å². The molecule has 0 bridgehead atoms. The topological polar surface area (TPSA) is 71.5 Å². The lowest BCUT2D eigenvalue weighted by Crippen LogP contribution is -2.51. The molecule has 1 aromatic carbocycles. The van der Waals surface area contributed by atoms with Gasteiger partial charge in [0, 0.05) is 32.3 Å². The Balaban J connectivity index is 1.52. The Kier molecular flexibility index (Phi) is 3.82. The van der Waals surface area contributed by atoms with Gasteiger partial charge in [0.05, 0.1) is 11.4 Å². The smallest absolute Gasteiger partial charge is 0.325 e. The minimum absolute atomic E-state index is 0.160. The first-order valence-corrected chi connectivity index (χ1v) is 8.72. The van der Waals surface area contributed by atoms with Gasteiger partial charge in [-0.2, -0.15) is 0 Å². The molecule has 2 aromatic rings. The number of thiazole rings is 1. The zero-order valence-corrected chi connectivity index (χ0v) is 13.8. The van der Waals surface area contributed by atoms with Gasteiger partial charge in [0.25, 0.3) is 5.91 Å². The maximum Gasteiger partial charge on any atom is 0.325 e. The second-order valence-corrected chi connectivity index (χ2v) is 7.12. The molecular formula is C17H17N3O3S. The van der Waals surface area contributed by atoms with Crippen molar-refractivity contribution >= 4 is 23.3 Å². The molecule has 3 heterocycles. The highest BCUT2D eigenvalue weighted by Gasteiger charge is 2.51. The number of urea groups is 1. The Hall–Kier alpha value is -2.25. The highest BCUT2D eigenvalue weighted by molar-refractivity contribution is 7.15. The maximum atomic E-state index is 12.7. The highest BCUT2D eigenvalue weighted by Crippen LogP contribution is 2.31. The summed E-state index contributed by atoms with van der Waals surface area (Å²) in [6.07, 6.45) is 2.85. The molecule has 6 nitrogen and oxygen atoms in total. The van der Waals surface area contributed by atoms with E-state index < -0.39 is 5.54 Å². The number of aromatic nitrogens is 1. The molecule has 7 heteroatoms. The van der Waals surface area contributed by atoms with Crippen LogP contribution in [0.4, 0.5) is 4.79 Å². The number of nitrogens with one attached hydrogen (secondary N) is 1. The number of carbonyl (C=O) groups is 2. The SMILES string of the molecule is O=C1NC2(CCOCC2)C(=O)N1Cc1ncc(-c2ccccc2)s1. The Labute approximate surface area is 143 Å². The van der Waals surface area contributed by atoms with Gasteiger partial charge in [0.1, 0.15) is 10.5 Å². The summed E-state index contributed by atoms with van der Waals surface area (Å²) >= 11 is 1.50. The summed E-state index contributed by atoms with van der Waals surface area (Å²) in [6, 6.07) is 9.61. The molecule has 0 atom stereocenters. The number of ether oxygens (including phenoxy) is 1. The summed E-state index contributed by atoms with van der Waals surface area (Å²) < 4.78 is 5.31. The van der Waals surface area contributed by atoms with Crippen LogP contribution in [0.1, 0.15) is 17.8 Å². The minimum atomic E-state index is -0.783. The predicted octanol–water partition coefficient (Wildman–Crippen LogP) is 2.41. The van der Waals surface area contributed by atoms with Crippen molar-refractivity contribution in [3.63, 3.8) is 0 Å². The summed E-state index contributed by atoms with van der Waals surface area (Å²) in [7, 11) is 0. The number of hydrogen-bond acceptors (Lipinski definition) is 5. The number of rotatable bonds is 3. The van der Waals surface area contributed by atoms with Crippen molar-refractivity contribution in [1.82, 2.24) is 15.2 Å². The minimum Gasteiger partial charge on any atom is -0.381 e. The fraction of sp³-hybridized carbons (Fsp3) is 0.353. The van der Waals surface area contributed by atoms with Crippen molar-refractivity contribution in [1.29, 1.82) is 0 Å². The molecule has 0 unspecified atom stereocenters. The molecule has 2 aliphatic heterocycles. The van der Waals surface area contributed by atoms with Gasteiger partial charge in [0.15, 0.2) is 0 Å². The Morgan fingerprint density at radius 3 is 2.71 bits per heavy atom. The largest absolute Gasteiger partial charge is 0.381 e. The lowest BCUT2D eigenvalue weighted by molar-refractivity contribution is -0.134. The van der Waals surface area contributed by atoms with Crippen molar-refractivity contribution in [3.05, 3.63) is 41.5 Å². The van der Waals surface area contributed by atoms with Gasteiger partial charge < -0.3 is 10.1 Å². The van der Waals surface area contributed by atoms with Gasteiger partial charge in [-0.15, -0.1) is 11.3 Å². The molecule has 4 rings (SSSR count). The van der Waals surface area contributed by atoms with E-state index in [4.69, 9.17) is 4.74 Å². The Morgan fingerprint density at radius 1 is 1.21 bits per heavy atom. The van der Waals surface area contributed by atoms with Crippen molar-refractivity contribution in [2.24, 2.45) is 0 Å². The molecular weight excluding hydrogens is 326 g/mol. The molecule has 1 aromatic heterocycles. The van der Waals surface area contributed by atoms with E-state index in [1.165, 1.54) is 16.2 Å². The van der Waals surface area contributed by atoms with E-state index >= 15 is 0 Å². The normalized spacial score (nSPS) is 19.8. The first-order chi connectivity index (χ1) is 11.7. The highest BCUT2D eigenvalue weighted by atomic mass is 32.1. The zero-order valence-electron chi connectivity index (χ0n) is 13.0. The van der Waals surface area contributed by atoms with Crippen LogP contribution in [0, 0.1) is 0 Å². The van der Waals surface area contributed by atoms with Gasteiger partial charge in [-0.25, -0.2) is 9.78 Å². The molecule has 24 heavy (non-hydrogen) atoms. The molecule has 1 N–H and O–H groups in total. The summed E-state index contributed by atoms with van der Waals surface area (Å²) in [5, 5.41) is 3.61. The monoisotopic (exact) mass is 343 g/mol. The first kappa shape index (κ1) is 15.3. The van der Waals surface area contributed by atoms with Crippen molar-refractivity contribution in [2.75, 3.05) is 13.2 Å². The third-order valence-electron chi connectivity index (χ3n) is 4.50. The third kappa shape index (κ3) is 2.59. The Bertz CT molecular complexity index is 768. The van der Waals surface area contributed by atoms with Crippen LogP contribution in [-0.4, -0.2) is 40.6 Å². The van der Waals surface area contributed by atoms with Gasteiger partial charge in [-0.05, 0) is 5.56 Å². The molecule has 0 radical (unpaired) electrons. The van der Waals surface area contributed by atoms with E-state index in [9.17, 15) is 9.59 Å². The summed E-state index contributed by atoms with van der Waals surface area (Å²) in [5.41, 5.74) is 0.300. The average molecular weight is 343 g/mol. The van der Waals surface area contributed by atoms with Crippen LogP contribution in [-0.2, 0) is 16.1 Å². The summed E-state index contributed by atoms with van der Waals surface area (Å²) in [4.78, 5) is 31.7. The second-order valence-electron chi connectivity index (χ2n) is 6.00. The molecule has 0 aliphatic carbocycles. The zero-order chi connectivity index (χ0) is 16.6. The van der Waals surface area contributed by atoms with E-state index in [1.807, 2.05) is 30.3 Å². The van der Waals surface area contributed by atoms with Crippen LogP contribution >= 0.6 is 11.3 Å². The molecule has 2 saturated heterocycles. The number of amides is 3. The van der Waals surface area contributed by atoms with E-state index in [0.29, 0.717) is 26.1 Å². The summed E-state index contributed by atoms with van der Waals surface area (Å²) in [6.45, 7) is 1.20. The van der Waals surface area contributed by atoms with Crippen LogP contribution in [0.2, 0.25) is 0 Å². The van der Waals surface area contributed by atoms with E-state index in [-0.39, 0.29) is 18.5 Å². The molecule has 1 spiro atoms. The van der Waals surface area contributed by atoms with E-state index in [2.05, 4.69) is 10.3 Å². The number of nitrogens with zero attached hydrogens (tertiary/aromatic N) is 2. The molecule has 3 amide bonds. The van der Waals surface area contributed by atoms with Gasteiger partial charge in [-0.1, -0.05) is 30.3 Å². The summed E-state index contributed by atoms with van der Waals surface area (Å²) in [5.74, 6) is -0.160. The van der Waals surface area contributed by atoms with Gasteiger partial charge >= 0.3 is 6.03 Å². The van der Waals surface area contributed by atoms with Crippen molar-refractivity contribution in [2.45, 2.75) is 24.9 Å². The fourth-order valence-corrected chi connectivity index (χ4v) is 4.05. The van der Waals surface area contributed by atoms with Crippen molar-refractivity contribution in [3.8, 4) is 10.4 Å². The number of hydrogen-bond donors (Lipinski definition) is 1.